The molecule has 0 aliphatic heterocycles. The molecule has 0 saturated carbocycles. The van der Waals surface area contributed by atoms with Gasteiger partial charge in [-0.15, -0.1) is 0 Å². The molecule has 0 radical (unpaired) electrons. The van der Waals surface area contributed by atoms with Crippen LogP contribution in [-0.4, -0.2) is 19.8 Å². The van der Waals surface area contributed by atoms with E-state index < -0.39 is 0 Å². The molecule has 0 spiro atoms. The van der Waals surface area contributed by atoms with Gasteiger partial charge < -0.3 is 5.32 Å². The van der Waals surface area contributed by atoms with Crippen LogP contribution in [-0.2, 0) is 0 Å². The van der Waals surface area contributed by atoms with Gasteiger partial charge in [-0.2, -0.15) is 0 Å². The Morgan fingerprint density at radius 2 is 1.89 bits per heavy atom. The summed E-state index contributed by atoms with van der Waals surface area (Å²) >= 11 is 0. The van der Waals surface area contributed by atoms with E-state index in [0.717, 1.165) is 0 Å². The lowest BCUT2D eigenvalue weighted by atomic mass is 9.88. The topological polar surface area (TPSA) is 12.0 Å². The first kappa shape index (κ1) is 8.89. The fourth-order valence-corrected chi connectivity index (χ4v) is 0.742. The second-order valence-corrected chi connectivity index (χ2v) is 3.36. The van der Waals surface area contributed by atoms with Gasteiger partial charge in [0.05, 0.1) is 0 Å². The van der Waals surface area contributed by atoms with Crippen molar-refractivity contribution in [3.63, 3.8) is 0 Å². The van der Waals surface area contributed by atoms with E-state index in [4.69, 9.17) is 0 Å². The average Bonchev–Trinajstić information content (AvgIpc) is 1.65. The summed E-state index contributed by atoms with van der Waals surface area (Å²) in [5.74, 6) is 0. The van der Waals surface area contributed by atoms with Crippen LogP contribution in [0.25, 0.3) is 0 Å². The molecule has 0 saturated heterocycles. The smallest absolute Gasteiger partial charge is 0.105 e. The van der Waals surface area contributed by atoms with E-state index in [1.54, 1.807) is 7.05 Å². The second-order valence-electron chi connectivity index (χ2n) is 3.36. The molecule has 0 heterocycles. The molecule has 0 aliphatic carbocycles. The van der Waals surface area contributed by atoms with E-state index in [2.05, 4.69) is 5.32 Å². The zero-order valence-electron chi connectivity index (χ0n) is 6.66. The number of hydrogen-bond donors (Lipinski definition) is 1. The lowest BCUT2D eigenvalue weighted by molar-refractivity contribution is 0.231. The third-order valence-corrected chi connectivity index (χ3v) is 1.55. The van der Waals surface area contributed by atoms with Gasteiger partial charge >= 0.3 is 0 Å². The van der Waals surface area contributed by atoms with Crippen molar-refractivity contribution in [3.8, 4) is 0 Å². The molecule has 1 unspecified atom stereocenters. The molecule has 9 heavy (non-hydrogen) atoms. The molecular weight excluding hydrogens is 117 g/mol. The number of alkyl halides is 1. The standard InChI is InChI=1S/C7H16FN/c1-7(2,3)6(5-8)9-4/h6,9H,5H2,1-4H3. The van der Waals surface area contributed by atoms with Crippen molar-refractivity contribution in [1.82, 2.24) is 5.32 Å². The van der Waals surface area contributed by atoms with Crippen LogP contribution in [0, 0.1) is 5.41 Å². The largest absolute Gasteiger partial charge is 0.314 e. The van der Waals surface area contributed by atoms with E-state index in [1.807, 2.05) is 20.8 Å². The van der Waals surface area contributed by atoms with Crippen LogP contribution < -0.4 is 5.32 Å². The van der Waals surface area contributed by atoms with Gasteiger partial charge in [0.1, 0.15) is 6.67 Å². The Hall–Kier alpha value is -0.110. The lowest BCUT2D eigenvalue weighted by Crippen LogP contribution is -2.39. The van der Waals surface area contributed by atoms with Crippen LogP contribution in [0.1, 0.15) is 20.8 Å². The Morgan fingerprint density at radius 3 is 1.89 bits per heavy atom. The van der Waals surface area contributed by atoms with Crippen LogP contribution in [0.4, 0.5) is 4.39 Å². The summed E-state index contributed by atoms with van der Waals surface area (Å²) in [6.45, 7) is 5.77. The van der Waals surface area contributed by atoms with E-state index in [0.29, 0.717) is 0 Å². The predicted molar refractivity (Wildman–Crippen MR) is 38.3 cm³/mol. The fraction of sp³-hybridized carbons (Fsp3) is 1.00. The Balaban J connectivity index is 3.79. The maximum absolute atomic E-state index is 12.1. The normalized spacial score (nSPS) is 15.7. The summed E-state index contributed by atoms with van der Waals surface area (Å²) < 4.78 is 12.1. The number of nitrogens with one attached hydrogen (secondary N) is 1. The minimum atomic E-state index is -0.292. The molecule has 0 aromatic carbocycles. The van der Waals surface area contributed by atoms with Gasteiger partial charge in [0.15, 0.2) is 0 Å². The molecule has 1 N–H and O–H groups in total. The molecule has 0 rings (SSSR count). The number of halogens is 1. The van der Waals surface area contributed by atoms with Gasteiger partial charge in [0.2, 0.25) is 0 Å². The molecule has 0 aromatic rings. The van der Waals surface area contributed by atoms with Crippen LogP contribution >= 0.6 is 0 Å². The van der Waals surface area contributed by atoms with E-state index in [-0.39, 0.29) is 18.1 Å². The predicted octanol–water partition coefficient (Wildman–Crippen LogP) is 1.59. The first-order valence-corrected chi connectivity index (χ1v) is 3.25. The molecule has 2 heteroatoms. The minimum Gasteiger partial charge on any atom is -0.314 e. The minimum absolute atomic E-state index is 0.0162. The Labute approximate surface area is 56.6 Å². The SMILES string of the molecule is CNC(CF)C(C)(C)C. The van der Waals surface area contributed by atoms with Gasteiger partial charge in [-0.05, 0) is 12.5 Å². The molecule has 0 fully saturated rings. The Morgan fingerprint density at radius 1 is 1.44 bits per heavy atom. The summed E-state index contributed by atoms with van der Waals surface area (Å²) in [6.07, 6.45) is 0. The van der Waals surface area contributed by atoms with Crippen LogP contribution in [0.2, 0.25) is 0 Å². The molecular formula is C7H16FN. The van der Waals surface area contributed by atoms with E-state index >= 15 is 0 Å². The number of rotatable bonds is 2. The van der Waals surface area contributed by atoms with Crippen LogP contribution in [0.15, 0.2) is 0 Å². The Kier molecular flexibility index (Phi) is 3.12. The third-order valence-electron chi connectivity index (χ3n) is 1.55. The molecule has 1 atom stereocenters. The zero-order valence-corrected chi connectivity index (χ0v) is 6.66. The summed E-state index contributed by atoms with van der Waals surface area (Å²) in [4.78, 5) is 0. The third kappa shape index (κ3) is 2.80. The fourth-order valence-electron chi connectivity index (χ4n) is 0.742. The highest BCUT2D eigenvalue weighted by molar-refractivity contribution is 4.77. The molecule has 0 bridgehead atoms. The second kappa shape index (κ2) is 3.16. The summed E-state index contributed by atoms with van der Waals surface area (Å²) in [5, 5.41) is 2.92. The molecule has 0 aliphatic rings. The maximum atomic E-state index is 12.1. The van der Waals surface area contributed by atoms with Crippen molar-refractivity contribution in [2.45, 2.75) is 26.8 Å². The molecule has 0 amide bonds. The molecule has 1 nitrogen and oxygen atoms in total. The van der Waals surface area contributed by atoms with Crippen molar-refractivity contribution >= 4 is 0 Å². The van der Waals surface area contributed by atoms with Gasteiger partial charge in [-0.3, -0.25) is 0 Å². The highest BCUT2D eigenvalue weighted by Gasteiger charge is 2.21. The van der Waals surface area contributed by atoms with Crippen molar-refractivity contribution in [2.24, 2.45) is 5.41 Å². The van der Waals surface area contributed by atoms with Crippen molar-refractivity contribution in [3.05, 3.63) is 0 Å². The highest BCUT2D eigenvalue weighted by Crippen LogP contribution is 2.18. The summed E-state index contributed by atoms with van der Waals surface area (Å²) in [6, 6.07) is -0.0162. The number of hydrogen-bond acceptors (Lipinski definition) is 1. The van der Waals surface area contributed by atoms with Gasteiger partial charge in [0.25, 0.3) is 0 Å². The van der Waals surface area contributed by atoms with Crippen LogP contribution in [0.3, 0.4) is 0 Å². The quantitative estimate of drug-likeness (QED) is 0.603. The highest BCUT2D eigenvalue weighted by atomic mass is 19.1. The zero-order chi connectivity index (χ0) is 7.49. The first-order chi connectivity index (χ1) is 4.02. The van der Waals surface area contributed by atoms with Crippen LogP contribution in [0.5, 0.6) is 0 Å². The van der Waals surface area contributed by atoms with Gasteiger partial charge in [0, 0.05) is 6.04 Å². The maximum Gasteiger partial charge on any atom is 0.105 e. The first-order valence-electron chi connectivity index (χ1n) is 3.25. The molecule has 56 valence electrons. The van der Waals surface area contributed by atoms with E-state index in [1.165, 1.54) is 0 Å². The summed E-state index contributed by atoms with van der Waals surface area (Å²) in [5.41, 5.74) is 0.0312. The van der Waals surface area contributed by atoms with Crippen molar-refractivity contribution in [1.29, 1.82) is 0 Å². The average molecular weight is 133 g/mol. The lowest BCUT2D eigenvalue weighted by Gasteiger charge is -2.27. The van der Waals surface area contributed by atoms with E-state index in [9.17, 15) is 4.39 Å². The monoisotopic (exact) mass is 133 g/mol. The van der Waals surface area contributed by atoms with Gasteiger partial charge in [-0.25, -0.2) is 4.39 Å². The molecule has 0 aromatic heterocycles. The van der Waals surface area contributed by atoms with Crippen molar-refractivity contribution in [2.75, 3.05) is 13.7 Å². The van der Waals surface area contributed by atoms with Crippen molar-refractivity contribution < 1.29 is 4.39 Å². The Bertz CT molecular complexity index is 71.5. The summed E-state index contributed by atoms with van der Waals surface area (Å²) in [7, 11) is 1.79. The van der Waals surface area contributed by atoms with Gasteiger partial charge in [-0.1, -0.05) is 20.8 Å².